The predicted molar refractivity (Wildman–Crippen MR) is 114 cm³/mol. The molecule has 0 saturated carbocycles. The zero-order valence-corrected chi connectivity index (χ0v) is 17.6. The van der Waals surface area contributed by atoms with E-state index in [9.17, 15) is 4.79 Å². The summed E-state index contributed by atoms with van der Waals surface area (Å²) in [6.45, 7) is 8.86. The molecular formula is C22H26N4OS. The van der Waals surface area contributed by atoms with Crippen molar-refractivity contribution in [2.75, 3.05) is 5.75 Å². The molecule has 0 bridgehead atoms. The van der Waals surface area contributed by atoms with Crippen LogP contribution in [-0.4, -0.2) is 26.4 Å². The van der Waals surface area contributed by atoms with Crippen molar-refractivity contribution >= 4 is 17.7 Å². The van der Waals surface area contributed by atoms with E-state index in [4.69, 9.17) is 0 Å². The highest BCUT2D eigenvalue weighted by Crippen LogP contribution is 2.23. The Kier molecular flexibility index (Phi) is 6.19. The number of nitrogens with one attached hydrogen (secondary N) is 1. The zero-order valence-electron chi connectivity index (χ0n) is 16.8. The first-order valence-electron chi connectivity index (χ1n) is 9.41. The van der Waals surface area contributed by atoms with E-state index in [0.717, 1.165) is 16.6 Å². The number of hydrogen-bond acceptors (Lipinski definition) is 4. The molecule has 0 fully saturated rings. The molecule has 0 atom stereocenters. The molecule has 0 aliphatic carbocycles. The van der Waals surface area contributed by atoms with Crippen LogP contribution in [0.3, 0.4) is 0 Å². The van der Waals surface area contributed by atoms with Gasteiger partial charge in [-0.05, 0) is 41.0 Å². The third-order valence-electron chi connectivity index (χ3n) is 4.41. The summed E-state index contributed by atoms with van der Waals surface area (Å²) in [6, 6.07) is 17.7. The average molecular weight is 395 g/mol. The molecule has 1 heterocycles. The minimum Gasteiger partial charge on any atom is -0.345 e. The molecule has 0 aliphatic heterocycles. The van der Waals surface area contributed by atoms with Crippen molar-refractivity contribution < 1.29 is 4.79 Å². The molecular weight excluding hydrogens is 368 g/mol. The second-order valence-electron chi connectivity index (χ2n) is 7.51. The molecule has 0 spiro atoms. The summed E-state index contributed by atoms with van der Waals surface area (Å²) in [5.74, 6) is 1.49. The van der Waals surface area contributed by atoms with Crippen molar-refractivity contribution in [3.05, 3.63) is 71.5 Å². The molecule has 1 amide bonds. The van der Waals surface area contributed by atoms with Crippen LogP contribution in [0.5, 0.6) is 0 Å². The molecule has 3 aromatic rings. The molecule has 3 rings (SSSR count). The highest BCUT2D eigenvalue weighted by molar-refractivity contribution is 7.99. The number of aromatic nitrogens is 3. The molecule has 0 unspecified atom stereocenters. The molecule has 0 aliphatic rings. The number of amides is 1. The van der Waals surface area contributed by atoms with E-state index in [0.29, 0.717) is 17.9 Å². The Morgan fingerprint density at radius 1 is 1.04 bits per heavy atom. The quantitative estimate of drug-likeness (QED) is 0.621. The third kappa shape index (κ3) is 4.62. The Labute approximate surface area is 170 Å². The van der Waals surface area contributed by atoms with Gasteiger partial charge in [0.25, 0.3) is 5.91 Å². The first-order chi connectivity index (χ1) is 13.4. The molecule has 2 aromatic carbocycles. The van der Waals surface area contributed by atoms with Crippen LogP contribution in [-0.2, 0) is 12.0 Å². The van der Waals surface area contributed by atoms with Gasteiger partial charge in [-0.3, -0.25) is 9.36 Å². The summed E-state index contributed by atoms with van der Waals surface area (Å²) in [7, 11) is 0. The van der Waals surface area contributed by atoms with Crippen molar-refractivity contribution in [1.82, 2.24) is 20.1 Å². The average Bonchev–Trinajstić information content (AvgIpc) is 3.09. The number of nitrogens with zero attached hydrogens (tertiary/aromatic N) is 3. The third-order valence-corrected chi connectivity index (χ3v) is 5.22. The largest absolute Gasteiger partial charge is 0.345 e. The second kappa shape index (κ2) is 8.61. The Balaban J connectivity index is 1.76. The minimum absolute atomic E-state index is 0.0639. The van der Waals surface area contributed by atoms with E-state index in [1.54, 1.807) is 11.8 Å². The topological polar surface area (TPSA) is 59.8 Å². The molecule has 146 valence electrons. The summed E-state index contributed by atoms with van der Waals surface area (Å²) >= 11 is 1.63. The lowest BCUT2D eigenvalue weighted by atomic mass is 9.87. The van der Waals surface area contributed by atoms with Gasteiger partial charge >= 0.3 is 0 Å². The summed E-state index contributed by atoms with van der Waals surface area (Å²) in [4.78, 5) is 12.6. The smallest absolute Gasteiger partial charge is 0.251 e. The van der Waals surface area contributed by atoms with Crippen LogP contribution in [0.1, 0.15) is 49.4 Å². The lowest BCUT2D eigenvalue weighted by Gasteiger charge is -2.19. The van der Waals surface area contributed by atoms with Crippen LogP contribution in [0.15, 0.2) is 59.8 Å². The number of benzene rings is 2. The van der Waals surface area contributed by atoms with E-state index < -0.39 is 0 Å². The summed E-state index contributed by atoms with van der Waals surface area (Å²) in [6.07, 6.45) is 0. The number of carbonyl (C=O) groups is 1. The summed E-state index contributed by atoms with van der Waals surface area (Å²) in [5.41, 5.74) is 2.90. The van der Waals surface area contributed by atoms with E-state index in [-0.39, 0.29) is 11.3 Å². The monoisotopic (exact) mass is 394 g/mol. The molecule has 1 aromatic heterocycles. The first kappa shape index (κ1) is 20.1. The zero-order chi connectivity index (χ0) is 20.1. The van der Waals surface area contributed by atoms with Crippen LogP contribution >= 0.6 is 11.8 Å². The van der Waals surface area contributed by atoms with Crippen LogP contribution in [0, 0.1) is 0 Å². The molecule has 6 heteroatoms. The number of hydrogen-bond donors (Lipinski definition) is 1. The van der Waals surface area contributed by atoms with E-state index in [1.807, 2.05) is 59.2 Å². The van der Waals surface area contributed by atoms with Crippen LogP contribution in [0.4, 0.5) is 0 Å². The van der Waals surface area contributed by atoms with Crippen LogP contribution in [0.2, 0.25) is 0 Å². The van der Waals surface area contributed by atoms with Crippen molar-refractivity contribution in [3.63, 3.8) is 0 Å². The normalized spacial score (nSPS) is 11.4. The van der Waals surface area contributed by atoms with Gasteiger partial charge in [-0.15, -0.1) is 10.2 Å². The van der Waals surface area contributed by atoms with E-state index in [1.165, 1.54) is 5.56 Å². The Hall–Kier alpha value is -2.60. The van der Waals surface area contributed by atoms with Gasteiger partial charge in [0.2, 0.25) is 0 Å². The van der Waals surface area contributed by atoms with Gasteiger partial charge in [0, 0.05) is 11.3 Å². The molecule has 1 N–H and O–H groups in total. The van der Waals surface area contributed by atoms with Crippen molar-refractivity contribution in [1.29, 1.82) is 0 Å². The second-order valence-corrected chi connectivity index (χ2v) is 8.74. The number of carbonyl (C=O) groups excluding carboxylic acids is 1. The minimum atomic E-state index is -0.118. The lowest BCUT2D eigenvalue weighted by Crippen LogP contribution is -2.25. The number of para-hydroxylation sites is 1. The lowest BCUT2D eigenvalue weighted by molar-refractivity contribution is 0.0949. The van der Waals surface area contributed by atoms with Crippen molar-refractivity contribution in [2.45, 2.75) is 44.8 Å². The summed E-state index contributed by atoms with van der Waals surface area (Å²) in [5, 5.41) is 12.4. The van der Waals surface area contributed by atoms with Crippen LogP contribution in [0.25, 0.3) is 5.69 Å². The van der Waals surface area contributed by atoms with Gasteiger partial charge < -0.3 is 5.32 Å². The van der Waals surface area contributed by atoms with Crippen molar-refractivity contribution in [3.8, 4) is 5.69 Å². The Morgan fingerprint density at radius 2 is 1.71 bits per heavy atom. The molecule has 5 nitrogen and oxygen atoms in total. The highest BCUT2D eigenvalue weighted by Gasteiger charge is 2.16. The maximum Gasteiger partial charge on any atom is 0.251 e. The fraction of sp³-hybridized carbons (Fsp3) is 0.318. The van der Waals surface area contributed by atoms with Gasteiger partial charge in [0.15, 0.2) is 11.0 Å². The molecule has 0 saturated heterocycles. The molecule has 0 radical (unpaired) electrons. The van der Waals surface area contributed by atoms with Gasteiger partial charge in [-0.25, -0.2) is 0 Å². The molecule has 28 heavy (non-hydrogen) atoms. The van der Waals surface area contributed by atoms with Gasteiger partial charge in [0.05, 0.1) is 6.54 Å². The standard InChI is InChI=1S/C22H26N4OS/c1-5-28-21-25-24-19(26(21)18-9-7-6-8-10-18)15-23-20(27)16-11-13-17(14-12-16)22(2,3)4/h6-14H,5,15H2,1-4H3,(H,23,27). The fourth-order valence-electron chi connectivity index (χ4n) is 2.86. The van der Waals surface area contributed by atoms with Gasteiger partial charge in [-0.2, -0.15) is 0 Å². The van der Waals surface area contributed by atoms with Gasteiger partial charge in [-0.1, -0.05) is 69.8 Å². The van der Waals surface area contributed by atoms with E-state index >= 15 is 0 Å². The number of rotatable bonds is 6. The Bertz CT molecular complexity index is 927. The first-order valence-corrected chi connectivity index (χ1v) is 10.4. The highest BCUT2D eigenvalue weighted by atomic mass is 32.2. The number of thioether (sulfide) groups is 1. The van der Waals surface area contributed by atoms with E-state index in [2.05, 4.69) is 43.2 Å². The maximum atomic E-state index is 12.6. The van der Waals surface area contributed by atoms with Crippen molar-refractivity contribution in [2.24, 2.45) is 0 Å². The fourth-order valence-corrected chi connectivity index (χ4v) is 3.55. The SMILES string of the molecule is CCSc1nnc(CNC(=O)c2ccc(C(C)(C)C)cc2)n1-c1ccccc1. The predicted octanol–water partition coefficient (Wildman–Crippen LogP) is 4.61. The van der Waals surface area contributed by atoms with Gasteiger partial charge in [0.1, 0.15) is 0 Å². The maximum absolute atomic E-state index is 12.6. The summed E-state index contributed by atoms with van der Waals surface area (Å²) < 4.78 is 2.00. The Morgan fingerprint density at radius 3 is 2.32 bits per heavy atom. The van der Waals surface area contributed by atoms with Crippen LogP contribution < -0.4 is 5.32 Å².